The molecular weight excluding hydrogens is 518 g/mol. The van der Waals surface area contributed by atoms with E-state index in [1.54, 1.807) is 12.1 Å². The molecule has 0 bridgehead atoms. The molecule has 2 aromatic carbocycles. The Hall–Kier alpha value is -3.42. The van der Waals surface area contributed by atoms with Gasteiger partial charge in [0.2, 0.25) is 0 Å². The number of likely N-dealkylation sites (tertiary alicyclic amines) is 1. The molecule has 7 heteroatoms. The molecule has 5 rings (SSSR count). The molecule has 0 aliphatic carbocycles. The summed E-state index contributed by atoms with van der Waals surface area (Å²) in [6.45, 7) is 10.4. The van der Waals surface area contributed by atoms with Crippen molar-refractivity contribution in [3.63, 3.8) is 0 Å². The van der Waals surface area contributed by atoms with E-state index in [-0.39, 0.29) is 17.5 Å². The van der Waals surface area contributed by atoms with E-state index < -0.39 is 5.92 Å². The Bertz CT molecular complexity index is 1370. The molecule has 2 aliphatic rings. The van der Waals surface area contributed by atoms with Gasteiger partial charge in [0, 0.05) is 75.8 Å². The van der Waals surface area contributed by atoms with Crippen LogP contribution in [0.4, 0.5) is 8.78 Å². The lowest BCUT2D eigenvalue weighted by Gasteiger charge is -2.32. The van der Waals surface area contributed by atoms with Crippen LogP contribution in [-0.4, -0.2) is 52.9 Å². The number of carbonyl (C=O) groups excluding carboxylic acids is 1. The Morgan fingerprint density at radius 1 is 0.927 bits per heavy atom. The summed E-state index contributed by atoms with van der Waals surface area (Å²) in [6.07, 6.45) is 6.47. The first-order chi connectivity index (χ1) is 19.7. The number of hydrogen-bond donors (Lipinski definition) is 1. The minimum atomic E-state index is -2.83. The number of aryl methyl sites for hydroxylation is 1. The van der Waals surface area contributed by atoms with Gasteiger partial charge < -0.3 is 5.32 Å². The van der Waals surface area contributed by atoms with Gasteiger partial charge in [-0.25, -0.2) is 8.78 Å². The molecule has 1 aromatic heterocycles. The molecule has 0 saturated carbocycles. The summed E-state index contributed by atoms with van der Waals surface area (Å²) < 4.78 is 27.3. The third kappa shape index (κ3) is 7.46. The van der Waals surface area contributed by atoms with Gasteiger partial charge in [-0.15, -0.1) is 0 Å². The molecule has 5 nitrogen and oxygen atoms in total. The molecular formula is C34H40F2N4O. The van der Waals surface area contributed by atoms with Crippen LogP contribution in [0.1, 0.15) is 71.3 Å². The molecule has 1 saturated heterocycles. The normalized spacial score (nSPS) is 17.6. The summed E-state index contributed by atoms with van der Waals surface area (Å²) in [5.41, 5.74) is 7.88. The SMILES string of the molecule is CC1=C(c2cc(C(=O)NC3CCN(Cc4ccncc4)CC3)ccc2C)CN(Cc2ccc(C(C)(F)F)cc2)CC1. The van der Waals surface area contributed by atoms with Crippen molar-refractivity contribution in [2.75, 3.05) is 26.2 Å². The highest BCUT2D eigenvalue weighted by molar-refractivity contribution is 5.95. The smallest absolute Gasteiger partial charge is 0.270 e. The predicted octanol–water partition coefficient (Wildman–Crippen LogP) is 6.58. The molecule has 0 atom stereocenters. The van der Waals surface area contributed by atoms with Gasteiger partial charge in [0.15, 0.2) is 0 Å². The number of carbonyl (C=O) groups is 1. The number of halogens is 2. The summed E-state index contributed by atoms with van der Waals surface area (Å²) in [7, 11) is 0. The van der Waals surface area contributed by atoms with Crippen molar-refractivity contribution in [1.82, 2.24) is 20.1 Å². The number of aromatic nitrogens is 1. The second-order valence-electron chi connectivity index (χ2n) is 11.7. The fourth-order valence-electron chi connectivity index (χ4n) is 5.86. The summed E-state index contributed by atoms with van der Waals surface area (Å²) in [6, 6.07) is 17.0. The van der Waals surface area contributed by atoms with Crippen LogP contribution in [0.15, 0.2) is 72.6 Å². The number of hydrogen-bond acceptors (Lipinski definition) is 4. The van der Waals surface area contributed by atoms with Gasteiger partial charge in [-0.2, -0.15) is 0 Å². The average molecular weight is 559 g/mol. The fraction of sp³-hybridized carbons (Fsp3) is 0.412. The monoisotopic (exact) mass is 558 g/mol. The third-order valence-corrected chi connectivity index (χ3v) is 8.47. The second-order valence-corrected chi connectivity index (χ2v) is 11.7. The first kappa shape index (κ1) is 29.1. The lowest BCUT2D eigenvalue weighted by Crippen LogP contribution is -2.44. The highest BCUT2D eigenvalue weighted by Crippen LogP contribution is 2.31. The molecule has 0 radical (unpaired) electrons. The van der Waals surface area contributed by atoms with Crippen molar-refractivity contribution in [1.29, 1.82) is 0 Å². The zero-order valence-corrected chi connectivity index (χ0v) is 24.3. The van der Waals surface area contributed by atoms with Gasteiger partial charge in [-0.1, -0.05) is 35.9 Å². The molecule has 41 heavy (non-hydrogen) atoms. The lowest BCUT2D eigenvalue weighted by molar-refractivity contribution is 0.0174. The van der Waals surface area contributed by atoms with E-state index in [9.17, 15) is 13.6 Å². The number of pyridine rings is 1. The molecule has 3 heterocycles. The van der Waals surface area contributed by atoms with Crippen LogP contribution in [0.25, 0.3) is 5.57 Å². The van der Waals surface area contributed by atoms with E-state index in [1.165, 1.54) is 28.8 Å². The van der Waals surface area contributed by atoms with Gasteiger partial charge >= 0.3 is 0 Å². The summed E-state index contributed by atoms with van der Waals surface area (Å²) in [4.78, 5) is 22.2. The molecule has 1 amide bonds. The van der Waals surface area contributed by atoms with Gasteiger partial charge in [-0.05, 0) is 85.2 Å². The third-order valence-electron chi connectivity index (χ3n) is 8.47. The quantitative estimate of drug-likeness (QED) is 0.340. The summed E-state index contributed by atoms with van der Waals surface area (Å²) >= 11 is 0. The van der Waals surface area contributed by atoms with Gasteiger partial charge in [0.1, 0.15) is 0 Å². The number of benzene rings is 2. The minimum absolute atomic E-state index is 0.0161. The number of alkyl halides is 2. The first-order valence-corrected chi connectivity index (χ1v) is 14.6. The highest BCUT2D eigenvalue weighted by Gasteiger charge is 2.25. The zero-order chi connectivity index (χ0) is 29.0. The van der Waals surface area contributed by atoms with Crippen LogP contribution in [0.2, 0.25) is 0 Å². The zero-order valence-electron chi connectivity index (χ0n) is 24.3. The maximum Gasteiger partial charge on any atom is 0.270 e. The number of nitrogens with zero attached hydrogens (tertiary/aromatic N) is 3. The number of amides is 1. The molecule has 3 aromatic rings. The highest BCUT2D eigenvalue weighted by atomic mass is 19.3. The van der Waals surface area contributed by atoms with Crippen LogP contribution in [0, 0.1) is 6.92 Å². The Kier molecular flexibility index (Phi) is 8.95. The van der Waals surface area contributed by atoms with Crippen molar-refractivity contribution in [3.05, 3.63) is 106 Å². The van der Waals surface area contributed by atoms with E-state index in [2.05, 4.69) is 46.1 Å². The maximum atomic E-state index is 13.6. The second kappa shape index (κ2) is 12.6. The van der Waals surface area contributed by atoms with Crippen LogP contribution in [0.5, 0.6) is 0 Å². The van der Waals surface area contributed by atoms with E-state index in [1.807, 2.05) is 30.6 Å². The van der Waals surface area contributed by atoms with Gasteiger partial charge in [0.05, 0.1) is 0 Å². The molecule has 0 spiro atoms. The van der Waals surface area contributed by atoms with E-state index in [0.29, 0.717) is 12.1 Å². The molecule has 2 aliphatic heterocycles. The number of piperidine rings is 1. The van der Waals surface area contributed by atoms with Crippen molar-refractivity contribution < 1.29 is 13.6 Å². The Labute approximate surface area is 242 Å². The van der Waals surface area contributed by atoms with E-state index in [4.69, 9.17) is 0 Å². The van der Waals surface area contributed by atoms with Crippen LogP contribution < -0.4 is 5.32 Å². The van der Waals surface area contributed by atoms with Gasteiger partial charge in [-0.3, -0.25) is 19.6 Å². The molecule has 216 valence electrons. The maximum absolute atomic E-state index is 13.6. The van der Waals surface area contributed by atoms with Gasteiger partial charge in [0.25, 0.3) is 11.8 Å². The standard InChI is InChI=1S/C34H40F2N4O/c1-24-4-7-28(33(41)38-30-13-18-39(19-14-30)21-27-10-15-37-16-11-27)20-31(24)32-23-40(17-12-25(32)2)22-26-5-8-29(9-6-26)34(3,35)36/h4-11,15-16,20,30H,12-14,17-19,21-23H2,1-3H3,(H,38,41). The Balaban J connectivity index is 1.20. The van der Waals surface area contributed by atoms with Crippen molar-refractivity contribution in [2.24, 2.45) is 0 Å². The van der Waals surface area contributed by atoms with Crippen molar-refractivity contribution in [3.8, 4) is 0 Å². The largest absolute Gasteiger partial charge is 0.349 e. The molecule has 0 unspecified atom stereocenters. The number of rotatable bonds is 8. The first-order valence-electron chi connectivity index (χ1n) is 14.6. The molecule has 1 N–H and O–H groups in total. The summed E-state index contributed by atoms with van der Waals surface area (Å²) in [5.74, 6) is -2.85. The number of nitrogens with one attached hydrogen (secondary N) is 1. The molecule has 1 fully saturated rings. The van der Waals surface area contributed by atoms with E-state index >= 15 is 0 Å². The summed E-state index contributed by atoms with van der Waals surface area (Å²) in [5, 5.41) is 3.28. The minimum Gasteiger partial charge on any atom is -0.349 e. The van der Waals surface area contributed by atoms with Crippen molar-refractivity contribution in [2.45, 2.75) is 65.1 Å². The van der Waals surface area contributed by atoms with Crippen molar-refractivity contribution >= 4 is 11.5 Å². The topological polar surface area (TPSA) is 48.5 Å². The van der Waals surface area contributed by atoms with Crippen LogP contribution in [-0.2, 0) is 19.0 Å². The average Bonchev–Trinajstić information content (AvgIpc) is 2.96. The Morgan fingerprint density at radius 2 is 1.59 bits per heavy atom. The van der Waals surface area contributed by atoms with E-state index in [0.717, 1.165) is 75.6 Å². The fourth-order valence-corrected chi connectivity index (χ4v) is 5.86. The lowest BCUT2D eigenvalue weighted by atomic mass is 9.90. The van der Waals surface area contributed by atoms with Crippen LogP contribution >= 0.6 is 0 Å². The predicted molar refractivity (Wildman–Crippen MR) is 160 cm³/mol. The Morgan fingerprint density at radius 3 is 2.27 bits per heavy atom. The van der Waals surface area contributed by atoms with Crippen LogP contribution in [0.3, 0.4) is 0 Å².